The number of hydrogen-bond acceptors (Lipinski definition) is 2. The van der Waals surface area contributed by atoms with Crippen molar-refractivity contribution < 1.29 is 18.0 Å². The molecule has 0 aliphatic rings. The first-order valence-electron chi connectivity index (χ1n) is 5.57. The highest BCUT2D eigenvalue weighted by Gasteiger charge is 2.17. The molecule has 0 unspecified atom stereocenters. The number of hydrogen-bond donors (Lipinski definition) is 2. The lowest BCUT2D eigenvalue weighted by Gasteiger charge is -2.06. The van der Waals surface area contributed by atoms with Crippen molar-refractivity contribution in [1.82, 2.24) is 4.98 Å². The fraction of sp³-hybridized carbons (Fsp3) is 0. The zero-order chi connectivity index (χ0) is 14.3. The molecule has 0 radical (unpaired) electrons. The Labute approximate surface area is 115 Å². The number of amides is 1. The fourth-order valence-electron chi connectivity index (χ4n) is 1.78. The number of H-pyrrole nitrogens is 1. The van der Waals surface area contributed by atoms with Crippen molar-refractivity contribution in [2.75, 3.05) is 5.32 Å². The molecule has 2 aromatic heterocycles. The average Bonchev–Trinajstić information content (AvgIpc) is 3.00. The summed E-state index contributed by atoms with van der Waals surface area (Å²) in [4.78, 5) is 14.8. The van der Waals surface area contributed by atoms with E-state index in [4.69, 9.17) is 0 Å². The number of aromatic nitrogens is 1. The molecule has 0 aliphatic heterocycles. The predicted molar refractivity (Wildman–Crippen MR) is 70.4 cm³/mol. The minimum atomic E-state index is -1.62. The van der Waals surface area contributed by atoms with Gasteiger partial charge in [0.05, 0.1) is 15.9 Å². The second-order valence-electron chi connectivity index (χ2n) is 4.06. The smallest absolute Gasteiger partial charge is 0.272 e. The monoisotopic (exact) mass is 296 g/mol. The molecule has 0 aliphatic carbocycles. The van der Waals surface area contributed by atoms with E-state index >= 15 is 0 Å². The van der Waals surface area contributed by atoms with Gasteiger partial charge in [0.25, 0.3) is 5.91 Å². The molecular weight excluding hydrogens is 289 g/mol. The summed E-state index contributed by atoms with van der Waals surface area (Å²) in [5.74, 6) is -4.97. The number of anilines is 1. The van der Waals surface area contributed by atoms with E-state index in [1.54, 1.807) is 12.1 Å². The number of rotatable bonds is 2. The lowest BCUT2D eigenvalue weighted by Crippen LogP contribution is -2.14. The summed E-state index contributed by atoms with van der Waals surface area (Å²) in [6, 6.07) is 5.13. The average molecular weight is 296 g/mol. The van der Waals surface area contributed by atoms with Crippen molar-refractivity contribution in [2.24, 2.45) is 0 Å². The van der Waals surface area contributed by atoms with Crippen LogP contribution in [0.2, 0.25) is 0 Å². The first kappa shape index (κ1) is 12.7. The van der Waals surface area contributed by atoms with Gasteiger partial charge in [-0.25, -0.2) is 13.2 Å². The molecule has 0 saturated heterocycles. The summed E-state index contributed by atoms with van der Waals surface area (Å²) in [5, 5.41) is 4.06. The van der Waals surface area contributed by atoms with Gasteiger partial charge in [-0.15, -0.1) is 11.3 Å². The van der Waals surface area contributed by atoms with Crippen LogP contribution in [0.25, 0.3) is 10.2 Å². The van der Waals surface area contributed by atoms with Crippen molar-refractivity contribution in [3.8, 4) is 0 Å². The van der Waals surface area contributed by atoms with Gasteiger partial charge in [-0.1, -0.05) is 0 Å². The minimum absolute atomic E-state index is 0.219. The van der Waals surface area contributed by atoms with Crippen LogP contribution in [0.4, 0.5) is 18.9 Å². The SMILES string of the molecule is O=C(Nc1ccc(F)c(F)c1F)c1cc2sccc2[nH]1. The quantitative estimate of drug-likeness (QED) is 0.692. The Hall–Kier alpha value is -2.28. The molecule has 0 spiro atoms. The van der Waals surface area contributed by atoms with Gasteiger partial charge in [0.1, 0.15) is 5.69 Å². The summed E-state index contributed by atoms with van der Waals surface area (Å²) >= 11 is 1.44. The topological polar surface area (TPSA) is 44.9 Å². The molecule has 1 aromatic carbocycles. The highest BCUT2D eigenvalue weighted by Crippen LogP contribution is 2.23. The van der Waals surface area contributed by atoms with E-state index in [0.29, 0.717) is 0 Å². The third-order valence-corrected chi connectivity index (χ3v) is 3.63. The van der Waals surface area contributed by atoms with Gasteiger partial charge in [0.15, 0.2) is 17.5 Å². The summed E-state index contributed by atoms with van der Waals surface area (Å²) in [6.07, 6.45) is 0. The molecule has 0 saturated carbocycles. The van der Waals surface area contributed by atoms with E-state index in [2.05, 4.69) is 10.3 Å². The Morgan fingerprint density at radius 2 is 1.95 bits per heavy atom. The standard InChI is InChI=1S/C13H7F3N2OS/c14-6-1-2-8(12(16)11(6)15)18-13(19)9-5-10-7(17-9)3-4-20-10/h1-5,17H,(H,18,19). The maximum absolute atomic E-state index is 13.4. The number of benzene rings is 1. The molecule has 0 bridgehead atoms. The van der Waals surface area contributed by atoms with E-state index in [-0.39, 0.29) is 5.69 Å². The molecule has 1 amide bonds. The van der Waals surface area contributed by atoms with Gasteiger partial charge in [-0.3, -0.25) is 4.79 Å². The second kappa shape index (κ2) is 4.68. The van der Waals surface area contributed by atoms with Crippen LogP contribution in [-0.4, -0.2) is 10.9 Å². The van der Waals surface area contributed by atoms with Gasteiger partial charge >= 0.3 is 0 Å². The fourth-order valence-corrected chi connectivity index (χ4v) is 2.57. The van der Waals surface area contributed by atoms with Crippen molar-refractivity contribution in [3.63, 3.8) is 0 Å². The summed E-state index contributed by atoms with van der Waals surface area (Å²) < 4.78 is 40.2. The van der Waals surface area contributed by atoms with E-state index < -0.39 is 29.0 Å². The molecule has 3 nitrogen and oxygen atoms in total. The number of carbonyl (C=O) groups is 1. The number of carbonyl (C=O) groups excluding carboxylic acids is 1. The number of halogens is 3. The van der Waals surface area contributed by atoms with E-state index in [1.807, 2.05) is 5.38 Å². The molecule has 3 aromatic rings. The first-order valence-corrected chi connectivity index (χ1v) is 6.45. The third-order valence-electron chi connectivity index (χ3n) is 2.77. The van der Waals surface area contributed by atoms with Gasteiger partial charge in [-0.05, 0) is 29.6 Å². The molecule has 7 heteroatoms. The van der Waals surface area contributed by atoms with E-state index in [9.17, 15) is 18.0 Å². The minimum Gasteiger partial charge on any atom is -0.350 e. The number of nitrogens with one attached hydrogen (secondary N) is 2. The molecule has 2 heterocycles. The Morgan fingerprint density at radius 1 is 1.15 bits per heavy atom. The van der Waals surface area contributed by atoms with Crippen LogP contribution in [-0.2, 0) is 0 Å². The molecular formula is C13H7F3N2OS. The molecule has 0 fully saturated rings. The van der Waals surface area contributed by atoms with Crippen LogP contribution in [0.1, 0.15) is 10.5 Å². The zero-order valence-corrected chi connectivity index (χ0v) is 10.7. The molecule has 20 heavy (non-hydrogen) atoms. The Balaban J connectivity index is 1.89. The maximum Gasteiger partial charge on any atom is 0.272 e. The van der Waals surface area contributed by atoms with Gasteiger partial charge in [0.2, 0.25) is 0 Å². The molecule has 2 N–H and O–H groups in total. The van der Waals surface area contributed by atoms with Crippen LogP contribution in [0.5, 0.6) is 0 Å². The second-order valence-corrected chi connectivity index (χ2v) is 5.01. The van der Waals surface area contributed by atoms with Crippen LogP contribution in [0.3, 0.4) is 0 Å². The molecule has 3 rings (SSSR count). The summed E-state index contributed by atoms with van der Waals surface area (Å²) in [5.41, 5.74) is 0.591. The Morgan fingerprint density at radius 3 is 2.70 bits per heavy atom. The van der Waals surface area contributed by atoms with Gasteiger partial charge < -0.3 is 10.3 Å². The van der Waals surface area contributed by atoms with E-state index in [0.717, 1.165) is 22.3 Å². The summed E-state index contributed by atoms with van der Waals surface area (Å²) in [7, 11) is 0. The highest BCUT2D eigenvalue weighted by atomic mass is 32.1. The zero-order valence-electron chi connectivity index (χ0n) is 9.84. The van der Waals surface area contributed by atoms with Crippen molar-refractivity contribution >= 4 is 33.1 Å². The first-order chi connectivity index (χ1) is 9.56. The van der Waals surface area contributed by atoms with E-state index in [1.165, 1.54) is 11.3 Å². The van der Waals surface area contributed by atoms with Crippen LogP contribution in [0.15, 0.2) is 29.6 Å². The maximum atomic E-state index is 13.4. The highest BCUT2D eigenvalue weighted by molar-refractivity contribution is 7.17. The lowest BCUT2D eigenvalue weighted by atomic mass is 10.2. The van der Waals surface area contributed by atoms with Crippen LogP contribution < -0.4 is 5.32 Å². The largest absolute Gasteiger partial charge is 0.350 e. The number of aromatic amines is 1. The molecule has 0 atom stereocenters. The van der Waals surface area contributed by atoms with Crippen LogP contribution >= 0.6 is 11.3 Å². The lowest BCUT2D eigenvalue weighted by molar-refractivity contribution is 0.102. The third kappa shape index (κ3) is 2.05. The predicted octanol–water partition coefficient (Wildman–Crippen LogP) is 3.90. The van der Waals surface area contributed by atoms with Gasteiger partial charge in [0, 0.05) is 0 Å². The van der Waals surface area contributed by atoms with Gasteiger partial charge in [-0.2, -0.15) is 0 Å². The summed E-state index contributed by atoms with van der Waals surface area (Å²) in [6.45, 7) is 0. The van der Waals surface area contributed by atoms with Crippen molar-refractivity contribution in [1.29, 1.82) is 0 Å². The normalized spacial score (nSPS) is 10.9. The van der Waals surface area contributed by atoms with Crippen LogP contribution in [0, 0.1) is 17.5 Å². The Kier molecular flexibility index (Phi) is 2.98. The van der Waals surface area contributed by atoms with Crippen molar-refractivity contribution in [3.05, 3.63) is 52.8 Å². The number of fused-ring (bicyclic) bond motifs is 1. The Bertz CT molecular complexity index is 781. The van der Waals surface area contributed by atoms with Crippen molar-refractivity contribution in [2.45, 2.75) is 0 Å². The molecule has 102 valence electrons. The number of thiophene rings is 1.